The van der Waals surface area contributed by atoms with E-state index in [-0.39, 0.29) is 5.41 Å². The van der Waals surface area contributed by atoms with Gasteiger partial charge in [-0.15, -0.1) is 0 Å². The standard InChI is InChI=1S/C17H29NO2/c1-6-15(14-9-7-8-10-16(14)20-5)18-13-17(2,3)11-12-19-4/h7-10,15,18H,6,11-13H2,1-5H3. The molecule has 3 heteroatoms. The van der Waals surface area contributed by atoms with E-state index in [1.165, 1.54) is 5.56 Å². The third kappa shape index (κ3) is 5.14. The summed E-state index contributed by atoms with van der Waals surface area (Å²) in [5.74, 6) is 0.960. The molecule has 0 saturated heterocycles. The highest BCUT2D eigenvalue weighted by Crippen LogP contribution is 2.28. The maximum atomic E-state index is 5.46. The van der Waals surface area contributed by atoms with Crippen molar-refractivity contribution in [2.45, 2.75) is 39.7 Å². The number of methoxy groups -OCH3 is 2. The fourth-order valence-corrected chi connectivity index (χ4v) is 2.29. The summed E-state index contributed by atoms with van der Waals surface area (Å²) in [6.45, 7) is 8.52. The van der Waals surface area contributed by atoms with Crippen molar-refractivity contribution in [1.29, 1.82) is 0 Å². The predicted molar refractivity (Wildman–Crippen MR) is 84.3 cm³/mol. The lowest BCUT2D eigenvalue weighted by molar-refractivity contribution is 0.148. The molecule has 114 valence electrons. The summed E-state index contributed by atoms with van der Waals surface area (Å²) in [4.78, 5) is 0. The van der Waals surface area contributed by atoms with Crippen molar-refractivity contribution < 1.29 is 9.47 Å². The largest absolute Gasteiger partial charge is 0.496 e. The van der Waals surface area contributed by atoms with Crippen molar-refractivity contribution in [1.82, 2.24) is 5.32 Å². The number of hydrogen-bond donors (Lipinski definition) is 1. The molecule has 0 heterocycles. The van der Waals surface area contributed by atoms with Gasteiger partial charge in [-0.25, -0.2) is 0 Å². The van der Waals surface area contributed by atoms with Crippen molar-refractivity contribution in [3.05, 3.63) is 29.8 Å². The van der Waals surface area contributed by atoms with Gasteiger partial charge < -0.3 is 14.8 Å². The molecular formula is C17H29NO2. The molecule has 1 N–H and O–H groups in total. The number of hydrogen-bond acceptors (Lipinski definition) is 3. The maximum absolute atomic E-state index is 5.46. The molecule has 0 fully saturated rings. The molecule has 0 saturated carbocycles. The molecule has 0 spiro atoms. The lowest BCUT2D eigenvalue weighted by Gasteiger charge is -2.28. The number of rotatable bonds is 9. The first-order chi connectivity index (χ1) is 9.54. The lowest BCUT2D eigenvalue weighted by Crippen LogP contribution is -2.33. The van der Waals surface area contributed by atoms with E-state index in [0.29, 0.717) is 6.04 Å². The van der Waals surface area contributed by atoms with Crippen LogP contribution in [0.5, 0.6) is 5.75 Å². The highest BCUT2D eigenvalue weighted by atomic mass is 16.5. The first kappa shape index (κ1) is 17.0. The molecular weight excluding hydrogens is 250 g/mol. The number of para-hydroxylation sites is 1. The van der Waals surface area contributed by atoms with E-state index in [2.05, 4.69) is 38.2 Å². The van der Waals surface area contributed by atoms with Crippen LogP contribution in [0.15, 0.2) is 24.3 Å². The Bertz CT molecular complexity index is 390. The fourth-order valence-electron chi connectivity index (χ4n) is 2.29. The molecule has 0 radical (unpaired) electrons. The third-order valence-electron chi connectivity index (χ3n) is 3.73. The van der Waals surface area contributed by atoms with Gasteiger partial charge in [0, 0.05) is 31.9 Å². The molecule has 20 heavy (non-hydrogen) atoms. The Morgan fingerprint density at radius 1 is 1.20 bits per heavy atom. The molecule has 0 aliphatic heterocycles. The topological polar surface area (TPSA) is 30.5 Å². The van der Waals surface area contributed by atoms with Gasteiger partial charge in [-0.3, -0.25) is 0 Å². The van der Waals surface area contributed by atoms with Crippen molar-refractivity contribution in [3.63, 3.8) is 0 Å². The van der Waals surface area contributed by atoms with Crippen LogP contribution in [-0.4, -0.2) is 27.4 Å². The molecule has 1 unspecified atom stereocenters. The van der Waals surface area contributed by atoms with E-state index in [9.17, 15) is 0 Å². The number of benzene rings is 1. The zero-order valence-corrected chi connectivity index (χ0v) is 13.5. The molecule has 1 aromatic carbocycles. The van der Waals surface area contributed by atoms with Crippen LogP contribution in [-0.2, 0) is 4.74 Å². The van der Waals surface area contributed by atoms with E-state index in [0.717, 1.165) is 31.7 Å². The first-order valence-corrected chi connectivity index (χ1v) is 7.39. The van der Waals surface area contributed by atoms with Gasteiger partial charge >= 0.3 is 0 Å². The summed E-state index contributed by atoms with van der Waals surface area (Å²) in [6.07, 6.45) is 2.10. The predicted octanol–water partition coefficient (Wildman–Crippen LogP) is 3.80. The van der Waals surface area contributed by atoms with Crippen molar-refractivity contribution >= 4 is 0 Å². The zero-order chi connectivity index (χ0) is 15.0. The average molecular weight is 279 g/mol. The summed E-state index contributed by atoms with van der Waals surface area (Å²) in [5.41, 5.74) is 1.46. The van der Waals surface area contributed by atoms with Crippen molar-refractivity contribution in [3.8, 4) is 5.75 Å². The summed E-state index contributed by atoms with van der Waals surface area (Å²) in [6, 6.07) is 8.57. The molecule has 1 atom stereocenters. The second kappa shape index (κ2) is 8.28. The number of nitrogens with one attached hydrogen (secondary N) is 1. The van der Waals surface area contributed by atoms with E-state index >= 15 is 0 Å². The van der Waals surface area contributed by atoms with Crippen molar-refractivity contribution in [2.24, 2.45) is 5.41 Å². The molecule has 3 nitrogen and oxygen atoms in total. The quantitative estimate of drug-likeness (QED) is 0.746. The summed E-state index contributed by atoms with van der Waals surface area (Å²) in [5, 5.41) is 3.67. The zero-order valence-electron chi connectivity index (χ0n) is 13.5. The molecule has 1 rings (SSSR count). The minimum atomic E-state index is 0.228. The SMILES string of the molecule is CCC(NCC(C)(C)CCOC)c1ccccc1OC. The lowest BCUT2D eigenvalue weighted by atomic mass is 9.89. The minimum absolute atomic E-state index is 0.228. The smallest absolute Gasteiger partial charge is 0.123 e. The van der Waals surface area contributed by atoms with Gasteiger partial charge in [0.2, 0.25) is 0 Å². The van der Waals surface area contributed by atoms with Gasteiger partial charge in [-0.1, -0.05) is 39.0 Å². The van der Waals surface area contributed by atoms with Crippen LogP contribution in [0.4, 0.5) is 0 Å². The summed E-state index contributed by atoms with van der Waals surface area (Å²) < 4.78 is 10.6. The van der Waals surface area contributed by atoms with Crippen molar-refractivity contribution in [2.75, 3.05) is 27.4 Å². The maximum Gasteiger partial charge on any atom is 0.123 e. The third-order valence-corrected chi connectivity index (χ3v) is 3.73. The first-order valence-electron chi connectivity index (χ1n) is 7.39. The molecule has 0 aliphatic rings. The molecule has 0 bridgehead atoms. The van der Waals surface area contributed by atoms with Gasteiger partial charge in [-0.2, -0.15) is 0 Å². The Labute approximate surface area is 123 Å². The molecule has 0 aliphatic carbocycles. The normalized spacial score (nSPS) is 13.2. The van der Waals surface area contributed by atoms with Crippen LogP contribution in [0.1, 0.15) is 45.2 Å². The second-order valence-corrected chi connectivity index (χ2v) is 5.99. The van der Waals surface area contributed by atoms with Crippen LogP contribution in [0.3, 0.4) is 0 Å². The van der Waals surface area contributed by atoms with E-state index in [1.807, 2.05) is 12.1 Å². The highest BCUT2D eigenvalue weighted by Gasteiger charge is 2.20. The summed E-state index contributed by atoms with van der Waals surface area (Å²) in [7, 11) is 3.49. The van der Waals surface area contributed by atoms with E-state index < -0.39 is 0 Å². The molecule has 0 aromatic heterocycles. The van der Waals surface area contributed by atoms with Crippen LogP contribution in [0, 0.1) is 5.41 Å². The Kier molecular flexibility index (Phi) is 7.03. The van der Waals surface area contributed by atoms with Gasteiger partial charge in [0.15, 0.2) is 0 Å². The highest BCUT2D eigenvalue weighted by molar-refractivity contribution is 5.35. The monoisotopic (exact) mass is 279 g/mol. The molecule has 1 aromatic rings. The Hall–Kier alpha value is -1.06. The van der Waals surface area contributed by atoms with E-state index in [4.69, 9.17) is 9.47 Å². The summed E-state index contributed by atoms with van der Waals surface area (Å²) >= 11 is 0. The van der Waals surface area contributed by atoms with Gasteiger partial charge in [-0.05, 0) is 24.3 Å². The number of ether oxygens (including phenoxy) is 2. The van der Waals surface area contributed by atoms with Gasteiger partial charge in [0.25, 0.3) is 0 Å². The van der Waals surface area contributed by atoms with Crippen LogP contribution in [0.25, 0.3) is 0 Å². The van der Waals surface area contributed by atoms with Crippen LogP contribution in [0.2, 0.25) is 0 Å². The Morgan fingerprint density at radius 2 is 1.90 bits per heavy atom. The van der Waals surface area contributed by atoms with Gasteiger partial charge in [0.1, 0.15) is 5.75 Å². The molecule has 0 amide bonds. The average Bonchev–Trinajstić information content (AvgIpc) is 2.46. The minimum Gasteiger partial charge on any atom is -0.496 e. The fraction of sp³-hybridized carbons (Fsp3) is 0.647. The van der Waals surface area contributed by atoms with E-state index in [1.54, 1.807) is 14.2 Å². The van der Waals surface area contributed by atoms with Crippen LogP contribution < -0.4 is 10.1 Å². The Morgan fingerprint density at radius 3 is 2.50 bits per heavy atom. The van der Waals surface area contributed by atoms with Gasteiger partial charge in [0.05, 0.1) is 7.11 Å². The van der Waals surface area contributed by atoms with Crippen LogP contribution >= 0.6 is 0 Å². The Balaban J connectivity index is 2.67. The second-order valence-electron chi connectivity index (χ2n) is 5.99.